The lowest BCUT2D eigenvalue weighted by Crippen LogP contribution is -2.12. The van der Waals surface area contributed by atoms with E-state index in [4.69, 9.17) is 23.2 Å². The maximum absolute atomic E-state index is 12.1. The number of carbonyl (C=O) groups excluding carboxylic acids is 1. The number of aryl methyl sites for hydroxylation is 1. The second-order valence-electron chi connectivity index (χ2n) is 4.31. The van der Waals surface area contributed by atoms with Crippen molar-refractivity contribution in [3.8, 4) is 0 Å². The van der Waals surface area contributed by atoms with Gasteiger partial charge in [0.25, 0.3) is 5.91 Å². The molecule has 0 saturated carbocycles. The first-order valence-electron chi connectivity index (χ1n) is 5.82. The monoisotopic (exact) mass is 293 g/mol. The molecule has 0 heterocycles. The van der Waals surface area contributed by atoms with Gasteiger partial charge < -0.3 is 5.32 Å². The Morgan fingerprint density at radius 2 is 2.00 bits per heavy atom. The number of halogens is 2. The van der Waals surface area contributed by atoms with Crippen LogP contribution in [0.2, 0.25) is 5.02 Å². The smallest absolute Gasteiger partial charge is 0.255 e. The number of anilines is 1. The molecule has 0 fully saturated rings. The molecule has 2 aromatic rings. The molecule has 0 aromatic heterocycles. The number of amides is 1. The fourth-order valence-electron chi connectivity index (χ4n) is 1.80. The van der Waals surface area contributed by atoms with Gasteiger partial charge in [-0.15, -0.1) is 11.6 Å². The molecule has 0 radical (unpaired) electrons. The number of carbonyl (C=O) groups is 1. The van der Waals surface area contributed by atoms with Crippen LogP contribution in [0.15, 0.2) is 42.5 Å². The molecular weight excluding hydrogens is 281 g/mol. The van der Waals surface area contributed by atoms with Crippen LogP contribution in [0.4, 0.5) is 5.69 Å². The van der Waals surface area contributed by atoms with E-state index in [-0.39, 0.29) is 5.91 Å². The molecule has 4 heteroatoms. The number of hydrogen-bond donors (Lipinski definition) is 1. The van der Waals surface area contributed by atoms with Crippen molar-refractivity contribution in [2.75, 3.05) is 5.32 Å². The quantitative estimate of drug-likeness (QED) is 0.821. The summed E-state index contributed by atoms with van der Waals surface area (Å²) < 4.78 is 0. The molecule has 98 valence electrons. The third kappa shape index (κ3) is 3.72. The number of alkyl halides is 1. The van der Waals surface area contributed by atoms with Gasteiger partial charge in [0.05, 0.1) is 0 Å². The zero-order chi connectivity index (χ0) is 13.8. The van der Waals surface area contributed by atoms with E-state index in [1.54, 1.807) is 12.1 Å². The van der Waals surface area contributed by atoms with Crippen LogP contribution in [0.5, 0.6) is 0 Å². The molecule has 1 amide bonds. The fraction of sp³-hybridized carbons (Fsp3) is 0.133. The summed E-state index contributed by atoms with van der Waals surface area (Å²) in [5, 5.41) is 3.39. The van der Waals surface area contributed by atoms with Crippen molar-refractivity contribution < 1.29 is 4.79 Å². The molecule has 0 unspecified atom stereocenters. The summed E-state index contributed by atoms with van der Waals surface area (Å²) in [4.78, 5) is 12.1. The van der Waals surface area contributed by atoms with Gasteiger partial charge in [-0.1, -0.05) is 23.7 Å². The molecule has 19 heavy (non-hydrogen) atoms. The Morgan fingerprint density at radius 3 is 2.68 bits per heavy atom. The third-order valence-corrected chi connectivity index (χ3v) is 3.17. The predicted molar refractivity (Wildman–Crippen MR) is 80.1 cm³/mol. The first-order chi connectivity index (χ1) is 9.08. The third-order valence-electron chi connectivity index (χ3n) is 2.64. The minimum absolute atomic E-state index is 0.183. The standard InChI is InChI=1S/C15H13Cl2NO/c1-10-5-12(8-13(17)6-10)15(19)18-14-4-2-3-11(7-14)9-16/h2-8H,9H2,1H3,(H,18,19). The summed E-state index contributed by atoms with van der Waals surface area (Å²) in [6, 6.07) is 12.7. The highest BCUT2D eigenvalue weighted by Gasteiger charge is 2.08. The van der Waals surface area contributed by atoms with Crippen LogP contribution in [0.1, 0.15) is 21.5 Å². The van der Waals surface area contributed by atoms with Crippen LogP contribution in [0, 0.1) is 6.92 Å². The van der Waals surface area contributed by atoms with Crippen molar-refractivity contribution in [1.82, 2.24) is 0 Å². The van der Waals surface area contributed by atoms with Crippen LogP contribution in [-0.4, -0.2) is 5.91 Å². The number of benzene rings is 2. The van der Waals surface area contributed by atoms with E-state index >= 15 is 0 Å². The van der Waals surface area contributed by atoms with Crippen LogP contribution in [-0.2, 0) is 5.88 Å². The summed E-state index contributed by atoms with van der Waals surface area (Å²) in [6.07, 6.45) is 0. The second kappa shape index (κ2) is 6.09. The van der Waals surface area contributed by atoms with Crippen molar-refractivity contribution >= 4 is 34.8 Å². The SMILES string of the molecule is Cc1cc(Cl)cc(C(=O)Nc2cccc(CCl)c2)c1. The molecule has 2 aromatic carbocycles. The van der Waals surface area contributed by atoms with Crippen molar-refractivity contribution in [1.29, 1.82) is 0 Å². The highest BCUT2D eigenvalue weighted by Crippen LogP contribution is 2.17. The Bertz CT molecular complexity index is 591. The summed E-state index contributed by atoms with van der Waals surface area (Å²) >= 11 is 11.7. The zero-order valence-electron chi connectivity index (χ0n) is 10.4. The van der Waals surface area contributed by atoms with Crippen LogP contribution in [0.25, 0.3) is 0 Å². The van der Waals surface area contributed by atoms with Crippen LogP contribution < -0.4 is 5.32 Å². The van der Waals surface area contributed by atoms with E-state index in [1.165, 1.54) is 0 Å². The minimum atomic E-state index is -0.183. The van der Waals surface area contributed by atoms with Crippen LogP contribution >= 0.6 is 23.2 Å². The molecule has 0 spiro atoms. The van der Waals surface area contributed by atoms with E-state index < -0.39 is 0 Å². The van der Waals surface area contributed by atoms with Gasteiger partial charge in [-0.3, -0.25) is 4.79 Å². The number of hydrogen-bond acceptors (Lipinski definition) is 1. The molecule has 0 atom stereocenters. The normalized spacial score (nSPS) is 10.3. The zero-order valence-corrected chi connectivity index (χ0v) is 11.9. The van der Waals surface area contributed by atoms with Gasteiger partial charge in [-0.25, -0.2) is 0 Å². The first kappa shape index (κ1) is 13.9. The van der Waals surface area contributed by atoms with Gasteiger partial charge in [0.2, 0.25) is 0 Å². The lowest BCUT2D eigenvalue weighted by Gasteiger charge is -2.07. The Balaban J connectivity index is 2.20. The predicted octanol–water partition coefficient (Wildman–Crippen LogP) is 4.64. The summed E-state index contributed by atoms with van der Waals surface area (Å²) in [7, 11) is 0. The number of rotatable bonds is 3. The Hall–Kier alpha value is -1.51. The molecule has 0 saturated heterocycles. The Labute approximate surface area is 122 Å². The highest BCUT2D eigenvalue weighted by molar-refractivity contribution is 6.31. The summed E-state index contributed by atoms with van der Waals surface area (Å²) in [5.41, 5.74) is 3.18. The van der Waals surface area contributed by atoms with Crippen LogP contribution in [0.3, 0.4) is 0 Å². The van der Waals surface area contributed by atoms with E-state index in [1.807, 2.05) is 37.3 Å². The lowest BCUT2D eigenvalue weighted by atomic mass is 10.1. The maximum atomic E-state index is 12.1. The fourth-order valence-corrected chi connectivity index (χ4v) is 2.26. The van der Waals surface area contributed by atoms with Crippen molar-refractivity contribution in [2.45, 2.75) is 12.8 Å². The molecular formula is C15H13Cl2NO. The highest BCUT2D eigenvalue weighted by atomic mass is 35.5. The lowest BCUT2D eigenvalue weighted by molar-refractivity contribution is 0.102. The van der Waals surface area contributed by atoms with Crippen molar-refractivity contribution in [3.63, 3.8) is 0 Å². The summed E-state index contributed by atoms with van der Waals surface area (Å²) in [6.45, 7) is 1.90. The van der Waals surface area contributed by atoms with E-state index in [2.05, 4.69) is 5.32 Å². The molecule has 0 aliphatic carbocycles. The molecule has 0 aliphatic heterocycles. The van der Waals surface area contributed by atoms with E-state index in [9.17, 15) is 4.79 Å². The van der Waals surface area contributed by atoms with Gasteiger partial charge in [-0.2, -0.15) is 0 Å². The van der Waals surface area contributed by atoms with Gasteiger partial charge in [0.1, 0.15) is 0 Å². The van der Waals surface area contributed by atoms with Gasteiger partial charge in [0, 0.05) is 22.2 Å². The van der Waals surface area contributed by atoms with Gasteiger partial charge in [-0.05, 0) is 48.4 Å². The summed E-state index contributed by atoms with van der Waals surface area (Å²) in [5.74, 6) is 0.234. The Kier molecular flexibility index (Phi) is 4.46. The largest absolute Gasteiger partial charge is 0.322 e. The average Bonchev–Trinajstić information content (AvgIpc) is 2.37. The first-order valence-corrected chi connectivity index (χ1v) is 6.73. The molecule has 1 N–H and O–H groups in total. The van der Waals surface area contributed by atoms with Crippen molar-refractivity contribution in [2.24, 2.45) is 0 Å². The topological polar surface area (TPSA) is 29.1 Å². The number of nitrogens with one attached hydrogen (secondary N) is 1. The Morgan fingerprint density at radius 1 is 1.21 bits per heavy atom. The van der Waals surface area contributed by atoms with E-state index in [0.29, 0.717) is 16.5 Å². The maximum Gasteiger partial charge on any atom is 0.255 e. The van der Waals surface area contributed by atoms with Gasteiger partial charge in [0.15, 0.2) is 0 Å². The molecule has 2 nitrogen and oxygen atoms in total. The minimum Gasteiger partial charge on any atom is -0.322 e. The van der Waals surface area contributed by atoms with Gasteiger partial charge >= 0.3 is 0 Å². The average molecular weight is 294 g/mol. The molecule has 0 bridgehead atoms. The molecule has 2 rings (SSSR count). The van der Waals surface area contributed by atoms with E-state index in [0.717, 1.165) is 16.8 Å². The second-order valence-corrected chi connectivity index (χ2v) is 5.01. The molecule has 0 aliphatic rings. The van der Waals surface area contributed by atoms with Crippen molar-refractivity contribution in [3.05, 3.63) is 64.2 Å².